The van der Waals surface area contributed by atoms with E-state index in [1.54, 1.807) is 0 Å². The number of benzene rings is 1. The first kappa shape index (κ1) is 9.83. The molecule has 0 unspecified atom stereocenters. The number of hydrogen-bond donors (Lipinski definition) is 1. The number of nitrogens with two attached hydrogens (primary N) is 1. The zero-order chi connectivity index (χ0) is 9.36. The Balaban J connectivity index is 2.31. The lowest BCUT2D eigenvalue weighted by Gasteiger charge is -1.89. The first-order chi connectivity index (χ1) is 6.43. The first-order valence-electron chi connectivity index (χ1n) is 4.67. The third-order valence-electron chi connectivity index (χ3n) is 1.76. The molecule has 0 fully saturated rings. The summed E-state index contributed by atoms with van der Waals surface area (Å²) in [5.41, 5.74) is 6.47. The van der Waals surface area contributed by atoms with Crippen LogP contribution in [0.25, 0.3) is 0 Å². The minimum atomic E-state index is 0.771. The van der Waals surface area contributed by atoms with Crippen LogP contribution < -0.4 is 5.73 Å². The highest BCUT2D eigenvalue weighted by Gasteiger charge is 1.82. The standard InChI is InChI=1S/C12H15N/c13-11-7-2-1-4-8-12-9-5-3-6-10-12/h3,5-6,9-10H,1-2,7,11,13H2. The Morgan fingerprint density at radius 3 is 2.54 bits per heavy atom. The maximum absolute atomic E-state index is 5.37. The molecule has 0 saturated heterocycles. The molecular formula is C12H15N. The molecule has 2 N–H and O–H groups in total. The van der Waals surface area contributed by atoms with Crippen molar-refractivity contribution in [3.8, 4) is 11.8 Å². The topological polar surface area (TPSA) is 26.0 Å². The monoisotopic (exact) mass is 173 g/mol. The summed E-state index contributed by atoms with van der Waals surface area (Å²) < 4.78 is 0. The van der Waals surface area contributed by atoms with Crippen LogP contribution in [0.2, 0.25) is 0 Å². The summed E-state index contributed by atoms with van der Waals surface area (Å²) in [5.74, 6) is 6.24. The van der Waals surface area contributed by atoms with Crippen LogP contribution in [0, 0.1) is 11.8 Å². The van der Waals surface area contributed by atoms with E-state index in [0.29, 0.717) is 0 Å². The van der Waals surface area contributed by atoms with Crippen molar-refractivity contribution in [2.45, 2.75) is 19.3 Å². The molecule has 13 heavy (non-hydrogen) atoms. The van der Waals surface area contributed by atoms with Crippen molar-refractivity contribution in [3.63, 3.8) is 0 Å². The highest BCUT2D eigenvalue weighted by atomic mass is 14.5. The van der Waals surface area contributed by atoms with E-state index in [1.807, 2.05) is 30.3 Å². The van der Waals surface area contributed by atoms with Gasteiger partial charge in [-0.1, -0.05) is 30.0 Å². The van der Waals surface area contributed by atoms with Gasteiger partial charge in [0.25, 0.3) is 0 Å². The molecule has 1 rings (SSSR count). The summed E-state index contributed by atoms with van der Waals surface area (Å²) in [6.45, 7) is 0.771. The number of hydrogen-bond acceptors (Lipinski definition) is 1. The van der Waals surface area contributed by atoms with Gasteiger partial charge in [0.2, 0.25) is 0 Å². The molecule has 1 nitrogen and oxygen atoms in total. The minimum absolute atomic E-state index is 0.771. The number of unbranched alkanes of at least 4 members (excludes halogenated alkanes) is 2. The summed E-state index contributed by atoms with van der Waals surface area (Å²) in [6.07, 6.45) is 3.13. The van der Waals surface area contributed by atoms with E-state index in [9.17, 15) is 0 Å². The van der Waals surface area contributed by atoms with E-state index in [1.165, 1.54) is 0 Å². The summed E-state index contributed by atoms with van der Waals surface area (Å²) in [4.78, 5) is 0. The Bertz CT molecular complexity index is 279. The second-order valence-electron chi connectivity index (χ2n) is 2.91. The third kappa shape index (κ3) is 4.35. The molecular weight excluding hydrogens is 158 g/mol. The quantitative estimate of drug-likeness (QED) is 0.550. The second-order valence-corrected chi connectivity index (χ2v) is 2.91. The third-order valence-corrected chi connectivity index (χ3v) is 1.76. The Hall–Kier alpha value is -1.26. The van der Waals surface area contributed by atoms with E-state index in [0.717, 1.165) is 31.4 Å². The highest BCUT2D eigenvalue weighted by Crippen LogP contribution is 1.96. The van der Waals surface area contributed by atoms with Gasteiger partial charge in [-0.2, -0.15) is 0 Å². The summed E-state index contributed by atoms with van der Waals surface area (Å²) in [6, 6.07) is 10.1. The van der Waals surface area contributed by atoms with Gasteiger partial charge in [0.05, 0.1) is 0 Å². The molecule has 0 spiro atoms. The van der Waals surface area contributed by atoms with Crippen LogP contribution in [0.4, 0.5) is 0 Å². The number of rotatable bonds is 3. The van der Waals surface area contributed by atoms with E-state index in [2.05, 4.69) is 11.8 Å². The normalized spacial score (nSPS) is 9.00. The van der Waals surface area contributed by atoms with Gasteiger partial charge < -0.3 is 5.73 Å². The highest BCUT2D eigenvalue weighted by molar-refractivity contribution is 5.33. The second kappa shape index (κ2) is 6.28. The average molecular weight is 173 g/mol. The van der Waals surface area contributed by atoms with Crippen molar-refractivity contribution in [3.05, 3.63) is 35.9 Å². The van der Waals surface area contributed by atoms with Gasteiger partial charge in [-0.25, -0.2) is 0 Å². The molecule has 0 bridgehead atoms. The molecule has 0 heterocycles. The predicted molar refractivity (Wildman–Crippen MR) is 56.2 cm³/mol. The lowest BCUT2D eigenvalue weighted by Crippen LogP contribution is -1.96. The van der Waals surface area contributed by atoms with Crippen molar-refractivity contribution < 1.29 is 0 Å². The van der Waals surface area contributed by atoms with Crippen molar-refractivity contribution in [2.75, 3.05) is 6.54 Å². The first-order valence-corrected chi connectivity index (χ1v) is 4.67. The summed E-state index contributed by atoms with van der Waals surface area (Å²) in [7, 11) is 0. The molecule has 0 amide bonds. The Morgan fingerprint density at radius 1 is 1.08 bits per heavy atom. The van der Waals surface area contributed by atoms with Crippen molar-refractivity contribution in [2.24, 2.45) is 5.73 Å². The molecule has 1 aromatic rings. The van der Waals surface area contributed by atoms with E-state index < -0.39 is 0 Å². The van der Waals surface area contributed by atoms with Crippen LogP contribution in [0.5, 0.6) is 0 Å². The van der Waals surface area contributed by atoms with Gasteiger partial charge in [-0.15, -0.1) is 0 Å². The largest absolute Gasteiger partial charge is 0.330 e. The smallest absolute Gasteiger partial charge is 0.0245 e. The lowest BCUT2D eigenvalue weighted by molar-refractivity contribution is 0.768. The van der Waals surface area contributed by atoms with E-state index in [-0.39, 0.29) is 0 Å². The van der Waals surface area contributed by atoms with E-state index >= 15 is 0 Å². The fraction of sp³-hybridized carbons (Fsp3) is 0.333. The Labute approximate surface area is 80.0 Å². The van der Waals surface area contributed by atoms with E-state index in [4.69, 9.17) is 5.73 Å². The maximum Gasteiger partial charge on any atom is 0.0245 e. The van der Waals surface area contributed by atoms with Crippen molar-refractivity contribution >= 4 is 0 Å². The van der Waals surface area contributed by atoms with Crippen LogP contribution in [0.1, 0.15) is 24.8 Å². The minimum Gasteiger partial charge on any atom is -0.330 e. The molecule has 1 heteroatoms. The van der Waals surface area contributed by atoms with Crippen molar-refractivity contribution in [1.29, 1.82) is 0 Å². The fourth-order valence-corrected chi connectivity index (χ4v) is 1.04. The molecule has 0 aliphatic carbocycles. The SMILES string of the molecule is NCCCCC#Cc1ccccc1. The average Bonchev–Trinajstić information content (AvgIpc) is 2.19. The summed E-state index contributed by atoms with van der Waals surface area (Å²) in [5, 5.41) is 0. The fourth-order valence-electron chi connectivity index (χ4n) is 1.04. The van der Waals surface area contributed by atoms with Crippen LogP contribution in [-0.2, 0) is 0 Å². The molecule has 0 aromatic heterocycles. The van der Waals surface area contributed by atoms with Crippen LogP contribution >= 0.6 is 0 Å². The molecule has 0 radical (unpaired) electrons. The summed E-state index contributed by atoms with van der Waals surface area (Å²) >= 11 is 0. The molecule has 0 saturated carbocycles. The van der Waals surface area contributed by atoms with Gasteiger partial charge in [0, 0.05) is 12.0 Å². The van der Waals surface area contributed by atoms with Gasteiger partial charge in [-0.05, 0) is 31.5 Å². The van der Waals surface area contributed by atoms with Crippen LogP contribution in [0.3, 0.4) is 0 Å². The molecule has 0 aliphatic rings. The van der Waals surface area contributed by atoms with Crippen LogP contribution in [-0.4, -0.2) is 6.54 Å². The molecule has 1 aromatic carbocycles. The zero-order valence-corrected chi connectivity index (χ0v) is 7.79. The Kier molecular flexibility index (Phi) is 4.74. The predicted octanol–water partition coefficient (Wildman–Crippen LogP) is 2.17. The zero-order valence-electron chi connectivity index (χ0n) is 7.79. The molecule has 0 atom stereocenters. The van der Waals surface area contributed by atoms with Gasteiger partial charge in [0.1, 0.15) is 0 Å². The van der Waals surface area contributed by atoms with Crippen molar-refractivity contribution in [1.82, 2.24) is 0 Å². The molecule has 68 valence electrons. The Morgan fingerprint density at radius 2 is 1.85 bits per heavy atom. The van der Waals surface area contributed by atoms with Gasteiger partial charge in [0.15, 0.2) is 0 Å². The maximum atomic E-state index is 5.37. The van der Waals surface area contributed by atoms with Crippen LogP contribution in [0.15, 0.2) is 30.3 Å². The van der Waals surface area contributed by atoms with Gasteiger partial charge in [-0.3, -0.25) is 0 Å². The lowest BCUT2D eigenvalue weighted by atomic mass is 10.2. The van der Waals surface area contributed by atoms with Gasteiger partial charge >= 0.3 is 0 Å². The molecule has 0 aliphatic heterocycles.